The number of amides is 2. The van der Waals surface area contributed by atoms with E-state index >= 15 is 0 Å². The Bertz CT molecular complexity index is 544. The zero-order chi connectivity index (χ0) is 16.4. The minimum Gasteiger partial charge on any atom is -0.342 e. The Morgan fingerprint density at radius 2 is 1.57 bits per heavy atom. The summed E-state index contributed by atoms with van der Waals surface area (Å²) in [6.07, 6.45) is 5.20. The zero-order valence-corrected chi connectivity index (χ0v) is 13.4. The maximum Gasteiger partial charge on any atom is 0.247 e. The second kappa shape index (κ2) is 6.69. The number of nitriles is 1. The minimum absolute atomic E-state index is 0.141. The summed E-state index contributed by atoms with van der Waals surface area (Å²) in [6, 6.07) is 1.91. The van der Waals surface area contributed by atoms with E-state index in [1.54, 1.807) is 9.80 Å². The van der Waals surface area contributed by atoms with Crippen LogP contribution < -0.4 is 0 Å². The molecule has 2 heterocycles. The number of carbonyl (C=O) groups excluding carboxylic acids is 3. The first-order valence-corrected chi connectivity index (χ1v) is 8.62. The highest BCUT2D eigenvalue weighted by Gasteiger charge is 2.40. The van der Waals surface area contributed by atoms with Crippen LogP contribution in [0.4, 0.5) is 0 Å². The quantitative estimate of drug-likeness (QED) is 0.723. The topological polar surface area (TPSA) is 81.5 Å². The summed E-state index contributed by atoms with van der Waals surface area (Å²) in [5, 5.41) is 9.33. The summed E-state index contributed by atoms with van der Waals surface area (Å²) in [5.41, 5.74) is 0. The third-order valence-corrected chi connectivity index (χ3v) is 5.14. The predicted molar refractivity (Wildman–Crippen MR) is 82.0 cm³/mol. The Labute approximate surface area is 136 Å². The van der Waals surface area contributed by atoms with Crippen molar-refractivity contribution >= 4 is 17.6 Å². The van der Waals surface area contributed by atoms with Gasteiger partial charge in [-0.15, -0.1) is 0 Å². The van der Waals surface area contributed by atoms with Gasteiger partial charge in [0.1, 0.15) is 0 Å². The van der Waals surface area contributed by atoms with Gasteiger partial charge in [-0.1, -0.05) is 0 Å². The average molecular weight is 317 g/mol. The molecule has 3 aliphatic rings. The first kappa shape index (κ1) is 16.0. The standard InChI is InChI=1S/C17H23N3O3/c18-10-14(17(23)19-7-1-2-8-19)15(21)13-4-3-9-20(11-13)16(22)12-5-6-12/h12-14H,1-9,11H2/t13-,14+/m1/s1. The maximum atomic E-state index is 12.7. The van der Waals surface area contributed by atoms with E-state index in [0.29, 0.717) is 32.6 Å². The van der Waals surface area contributed by atoms with Gasteiger partial charge in [-0.3, -0.25) is 14.4 Å². The number of carbonyl (C=O) groups is 3. The van der Waals surface area contributed by atoms with Gasteiger partial charge in [0.05, 0.1) is 6.07 Å². The molecule has 0 bridgehead atoms. The summed E-state index contributed by atoms with van der Waals surface area (Å²) in [6.45, 7) is 2.35. The molecule has 2 amide bonds. The van der Waals surface area contributed by atoms with Crippen LogP contribution in [0.15, 0.2) is 0 Å². The molecule has 124 valence electrons. The van der Waals surface area contributed by atoms with E-state index in [9.17, 15) is 19.6 Å². The van der Waals surface area contributed by atoms with E-state index < -0.39 is 5.92 Å². The Hall–Kier alpha value is -1.90. The van der Waals surface area contributed by atoms with Crippen LogP contribution in [0, 0.1) is 29.1 Å². The van der Waals surface area contributed by atoms with Crippen LogP contribution in [0.2, 0.25) is 0 Å². The van der Waals surface area contributed by atoms with Crippen LogP contribution in [0.25, 0.3) is 0 Å². The smallest absolute Gasteiger partial charge is 0.247 e. The minimum atomic E-state index is -1.20. The lowest BCUT2D eigenvalue weighted by molar-refractivity contribution is -0.141. The highest BCUT2D eigenvalue weighted by molar-refractivity contribution is 6.05. The van der Waals surface area contributed by atoms with Gasteiger partial charge in [-0.2, -0.15) is 5.26 Å². The van der Waals surface area contributed by atoms with Gasteiger partial charge in [-0.05, 0) is 38.5 Å². The summed E-state index contributed by atoms with van der Waals surface area (Å²) >= 11 is 0. The van der Waals surface area contributed by atoms with E-state index in [0.717, 1.165) is 32.1 Å². The van der Waals surface area contributed by atoms with Gasteiger partial charge in [-0.25, -0.2) is 0 Å². The normalized spacial score (nSPS) is 25.8. The molecule has 1 saturated carbocycles. The first-order chi connectivity index (χ1) is 11.1. The number of hydrogen-bond acceptors (Lipinski definition) is 4. The van der Waals surface area contributed by atoms with E-state index in [1.165, 1.54) is 0 Å². The fourth-order valence-corrected chi connectivity index (χ4v) is 3.59. The van der Waals surface area contributed by atoms with Crippen LogP contribution in [0.1, 0.15) is 38.5 Å². The molecule has 2 saturated heterocycles. The summed E-state index contributed by atoms with van der Waals surface area (Å²) in [7, 11) is 0. The number of nitrogens with zero attached hydrogens (tertiary/aromatic N) is 3. The average Bonchev–Trinajstić information content (AvgIpc) is 3.28. The number of piperidine rings is 1. The second-order valence-electron chi connectivity index (χ2n) is 6.89. The van der Waals surface area contributed by atoms with E-state index in [-0.39, 0.29) is 29.4 Å². The molecular weight excluding hydrogens is 294 g/mol. The molecule has 1 aliphatic carbocycles. The summed E-state index contributed by atoms with van der Waals surface area (Å²) in [5.74, 6) is -1.93. The van der Waals surface area contributed by atoms with Gasteiger partial charge in [0.25, 0.3) is 0 Å². The molecule has 6 heteroatoms. The van der Waals surface area contributed by atoms with Crippen molar-refractivity contribution in [3.05, 3.63) is 0 Å². The van der Waals surface area contributed by atoms with Crippen molar-refractivity contribution < 1.29 is 14.4 Å². The molecule has 23 heavy (non-hydrogen) atoms. The SMILES string of the molecule is N#C[C@@H](C(=O)[C@@H]1CCCN(C(=O)C2CC2)C1)C(=O)N1CCCC1. The van der Waals surface area contributed by atoms with Crippen LogP contribution in [-0.4, -0.2) is 53.6 Å². The zero-order valence-electron chi connectivity index (χ0n) is 13.4. The molecule has 0 aromatic rings. The Morgan fingerprint density at radius 3 is 2.17 bits per heavy atom. The molecule has 2 atom stereocenters. The van der Waals surface area contributed by atoms with Gasteiger partial charge in [0, 0.05) is 38.0 Å². The number of rotatable bonds is 4. The van der Waals surface area contributed by atoms with Crippen molar-refractivity contribution in [2.24, 2.45) is 17.8 Å². The molecule has 0 N–H and O–H groups in total. The number of ketones is 1. The highest BCUT2D eigenvalue weighted by Crippen LogP contribution is 2.33. The van der Waals surface area contributed by atoms with Crippen LogP contribution >= 0.6 is 0 Å². The fraction of sp³-hybridized carbons (Fsp3) is 0.765. The largest absolute Gasteiger partial charge is 0.342 e. The molecule has 0 aromatic heterocycles. The molecule has 0 aromatic carbocycles. The van der Waals surface area contributed by atoms with Crippen LogP contribution in [0.5, 0.6) is 0 Å². The van der Waals surface area contributed by atoms with Crippen molar-refractivity contribution in [3.63, 3.8) is 0 Å². The Morgan fingerprint density at radius 1 is 0.913 bits per heavy atom. The van der Waals surface area contributed by atoms with Gasteiger partial charge < -0.3 is 9.80 Å². The van der Waals surface area contributed by atoms with Crippen molar-refractivity contribution in [2.45, 2.75) is 38.5 Å². The van der Waals surface area contributed by atoms with Crippen molar-refractivity contribution in [2.75, 3.05) is 26.2 Å². The summed E-state index contributed by atoms with van der Waals surface area (Å²) < 4.78 is 0. The van der Waals surface area contributed by atoms with Crippen molar-refractivity contribution in [1.29, 1.82) is 5.26 Å². The number of Topliss-reactive ketones (excluding diaryl/α,β-unsaturated/α-hetero) is 1. The maximum absolute atomic E-state index is 12.7. The Kier molecular flexibility index (Phi) is 4.65. The summed E-state index contributed by atoms with van der Waals surface area (Å²) in [4.78, 5) is 40.6. The molecule has 0 spiro atoms. The highest BCUT2D eigenvalue weighted by atomic mass is 16.2. The van der Waals surface area contributed by atoms with Gasteiger partial charge in [0.15, 0.2) is 11.7 Å². The number of hydrogen-bond donors (Lipinski definition) is 0. The van der Waals surface area contributed by atoms with Crippen molar-refractivity contribution in [3.8, 4) is 6.07 Å². The molecule has 3 fully saturated rings. The molecular formula is C17H23N3O3. The lowest BCUT2D eigenvalue weighted by Crippen LogP contribution is -2.46. The molecule has 0 radical (unpaired) electrons. The predicted octanol–water partition coefficient (Wildman–Crippen LogP) is 0.966. The van der Waals surface area contributed by atoms with Crippen LogP contribution in [0.3, 0.4) is 0 Å². The number of likely N-dealkylation sites (tertiary alicyclic amines) is 2. The lowest BCUT2D eigenvalue weighted by atomic mass is 9.86. The van der Waals surface area contributed by atoms with E-state index in [4.69, 9.17) is 0 Å². The third kappa shape index (κ3) is 3.39. The van der Waals surface area contributed by atoms with E-state index in [2.05, 4.69) is 0 Å². The third-order valence-electron chi connectivity index (χ3n) is 5.14. The second-order valence-corrected chi connectivity index (χ2v) is 6.89. The molecule has 6 nitrogen and oxygen atoms in total. The molecule has 3 rings (SSSR count). The van der Waals surface area contributed by atoms with Gasteiger partial charge >= 0.3 is 0 Å². The molecule has 0 unspecified atom stereocenters. The van der Waals surface area contributed by atoms with Crippen LogP contribution in [-0.2, 0) is 14.4 Å². The molecule has 2 aliphatic heterocycles. The Balaban J connectivity index is 1.64. The monoisotopic (exact) mass is 317 g/mol. The lowest BCUT2D eigenvalue weighted by Gasteiger charge is -2.33. The fourth-order valence-electron chi connectivity index (χ4n) is 3.59. The van der Waals surface area contributed by atoms with Crippen molar-refractivity contribution in [1.82, 2.24) is 9.80 Å². The first-order valence-electron chi connectivity index (χ1n) is 8.62. The van der Waals surface area contributed by atoms with E-state index in [1.807, 2.05) is 6.07 Å². The van der Waals surface area contributed by atoms with Gasteiger partial charge in [0.2, 0.25) is 11.8 Å².